The van der Waals surface area contributed by atoms with Crippen LogP contribution in [0.3, 0.4) is 0 Å². The second kappa shape index (κ2) is 18.5. The van der Waals surface area contributed by atoms with Gasteiger partial charge in [0.1, 0.15) is 17.6 Å². The Kier molecular flexibility index (Phi) is 14.0. The van der Waals surface area contributed by atoms with Crippen molar-refractivity contribution in [1.29, 1.82) is 0 Å². The van der Waals surface area contributed by atoms with E-state index in [9.17, 15) is 32.3 Å². The van der Waals surface area contributed by atoms with Crippen LogP contribution in [0.5, 0.6) is 5.75 Å². The van der Waals surface area contributed by atoms with E-state index in [4.69, 9.17) is 4.74 Å². The van der Waals surface area contributed by atoms with E-state index in [1.807, 2.05) is 46.4 Å². The molecule has 0 unspecified atom stereocenters. The maximum atomic E-state index is 13.7. The molecule has 316 valence electrons. The number of alkyl halides is 3. The highest BCUT2D eigenvalue weighted by Crippen LogP contribution is 2.39. The molecule has 3 aromatic rings. The Labute approximate surface area is 337 Å². The fourth-order valence-electron chi connectivity index (χ4n) is 7.40. The quantitative estimate of drug-likeness (QED) is 0.124. The molecular formula is C41H55F3N8O6. The van der Waals surface area contributed by atoms with Gasteiger partial charge in [-0.25, -0.2) is 14.6 Å². The van der Waals surface area contributed by atoms with Crippen LogP contribution in [0.25, 0.3) is 22.4 Å². The Hall–Kier alpha value is -5.32. The van der Waals surface area contributed by atoms with Crippen molar-refractivity contribution >= 4 is 29.6 Å². The summed E-state index contributed by atoms with van der Waals surface area (Å²) in [6, 6.07) is 9.26. The van der Waals surface area contributed by atoms with Crippen LogP contribution in [0.1, 0.15) is 79.1 Å². The summed E-state index contributed by atoms with van der Waals surface area (Å²) in [5.74, 6) is -0.199. The average Bonchev–Trinajstić information content (AvgIpc) is 3.81. The molecule has 58 heavy (non-hydrogen) atoms. The first-order valence-electron chi connectivity index (χ1n) is 19.6. The van der Waals surface area contributed by atoms with Crippen LogP contribution in [0.2, 0.25) is 0 Å². The predicted molar refractivity (Wildman–Crippen MR) is 213 cm³/mol. The normalized spacial score (nSPS) is 18.2. The molecule has 1 aromatic heterocycles. The molecule has 2 aliphatic rings. The molecule has 0 saturated carbocycles. The van der Waals surface area contributed by atoms with Gasteiger partial charge in [-0.15, -0.1) is 13.2 Å². The van der Waals surface area contributed by atoms with Crippen molar-refractivity contribution in [3.05, 3.63) is 54.5 Å². The summed E-state index contributed by atoms with van der Waals surface area (Å²) in [6.07, 6.45) is -1.02. The lowest BCUT2D eigenvalue weighted by atomic mass is 9.93. The van der Waals surface area contributed by atoms with Crippen LogP contribution < -0.4 is 26.0 Å². The molecule has 5 N–H and O–H groups in total. The zero-order chi connectivity index (χ0) is 42.4. The second-order valence-corrected chi connectivity index (χ2v) is 16.2. The van der Waals surface area contributed by atoms with E-state index in [0.717, 1.165) is 25.3 Å². The molecule has 0 bridgehead atoms. The highest BCUT2D eigenvalue weighted by molar-refractivity contribution is 5.90. The number of anilines is 1. The Morgan fingerprint density at radius 3 is 2.24 bits per heavy atom. The first-order chi connectivity index (χ1) is 27.3. The smallest absolute Gasteiger partial charge is 0.453 e. The van der Waals surface area contributed by atoms with Crippen LogP contribution in [-0.4, -0.2) is 101 Å². The van der Waals surface area contributed by atoms with E-state index in [1.165, 1.54) is 19.2 Å². The third-order valence-corrected chi connectivity index (χ3v) is 10.5. The Balaban J connectivity index is 1.20. The summed E-state index contributed by atoms with van der Waals surface area (Å²) in [5.41, 5.74) is 1.65. The molecule has 0 spiro atoms. The fraction of sp³-hybridized carbons (Fsp3) is 0.537. The molecule has 2 aromatic carbocycles. The van der Waals surface area contributed by atoms with Crippen molar-refractivity contribution in [3.63, 3.8) is 0 Å². The molecular weight excluding hydrogens is 757 g/mol. The van der Waals surface area contributed by atoms with Gasteiger partial charge in [0.05, 0.1) is 25.0 Å². The Morgan fingerprint density at radius 1 is 0.948 bits per heavy atom. The highest BCUT2D eigenvalue weighted by atomic mass is 19.4. The van der Waals surface area contributed by atoms with Gasteiger partial charge < -0.3 is 45.5 Å². The number of nitrogens with zero attached hydrogens (tertiary/aromatic N) is 3. The summed E-state index contributed by atoms with van der Waals surface area (Å²) in [5, 5.41) is 11.3. The molecule has 0 radical (unpaired) electrons. The summed E-state index contributed by atoms with van der Waals surface area (Å²) in [6.45, 7) is 13.5. The minimum absolute atomic E-state index is 0.0926. The number of hydrogen-bond acceptors (Lipinski definition) is 8. The molecule has 5 amide bonds. The van der Waals surface area contributed by atoms with Gasteiger partial charge in [-0.2, -0.15) is 0 Å². The molecule has 14 nitrogen and oxygen atoms in total. The first kappa shape index (κ1) is 43.8. The van der Waals surface area contributed by atoms with E-state index in [2.05, 4.69) is 36.0 Å². The van der Waals surface area contributed by atoms with Gasteiger partial charge in [0.25, 0.3) is 0 Å². The number of aromatic amines is 1. The number of likely N-dealkylation sites (tertiary alicyclic amines) is 2. The summed E-state index contributed by atoms with van der Waals surface area (Å²) in [7, 11) is 1.24. The molecule has 3 atom stereocenters. The molecule has 2 fully saturated rings. The topological polar surface area (TPSA) is 170 Å². The fourth-order valence-corrected chi connectivity index (χ4v) is 7.40. The number of hydrogen-bond donors (Lipinski definition) is 5. The average molecular weight is 813 g/mol. The lowest BCUT2D eigenvalue weighted by Crippen LogP contribution is -2.52. The number of carbonyl (C=O) groups is 4. The van der Waals surface area contributed by atoms with Crippen LogP contribution in [-0.2, 0) is 14.3 Å². The maximum Gasteiger partial charge on any atom is 0.573 e. The lowest BCUT2D eigenvalue weighted by molar-refractivity contribution is -0.274. The van der Waals surface area contributed by atoms with Crippen molar-refractivity contribution in [3.8, 4) is 28.1 Å². The number of amides is 5. The van der Waals surface area contributed by atoms with Crippen LogP contribution in [0, 0.1) is 11.3 Å². The molecule has 2 aliphatic heterocycles. The highest BCUT2D eigenvalue weighted by Gasteiger charge is 2.41. The number of urea groups is 1. The number of halogens is 3. The van der Waals surface area contributed by atoms with E-state index >= 15 is 0 Å². The van der Waals surface area contributed by atoms with Gasteiger partial charge >= 0.3 is 18.5 Å². The molecule has 2 saturated heterocycles. The van der Waals surface area contributed by atoms with Crippen molar-refractivity contribution in [2.24, 2.45) is 11.3 Å². The molecule has 5 rings (SSSR count). The molecule has 0 aliphatic carbocycles. The minimum atomic E-state index is -4.98. The number of rotatable bonds is 12. The van der Waals surface area contributed by atoms with E-state index < -0.39 is 35.7 Å². The zero-order valence-corrected chi connectivity index (χ0v) is 34.1. The predicted octanol–water partition coefficient (Wildman–Crippen LogP) is 6.82. The monoisotopic (exact) mass is 812 g/mol. The van der Waals surface area contributed by atoms with Gasteiger partial charge in [-0.05, 0) is 61.8 Å². The van der Waals surface area contributed by atoms with Crippen LogP contribution >= 0.6 is 0 Å². The number of H-pyrrole nitrogens is 1. The van der Waals surface area contributed by atoms with Crippen molar-refractivity contribution in [1.82, 2.24) is 35.7 Å². The van der Waals surface area contributed by atoms with E-state index in [0.29, 0.717) is 48.7 Å². The SMILES string of the molecule is COC(=O)N[C@H](C(=O)N1[C@@H](C)CC[C@H]1c1ncc(-c2ccc(-c3ccc(NC(=O)NCCNC4CCN(C(=O)C(C)(C)C)CC4)cc3OC(F)(F)F)cc2)[nH]1)C(C)C. The standard InChI is InChI=1S/C41H55F3N8O6/c1-24(2)34(50-39(56)57-7)36(53)52-25(3)8-15-32(52)35-47-23-31(49-35)27-11-9-26(10-12-27)30-14-13-29(22-33(30)58-41(42,43)44)48-38(55)46-19-18-45-28-16-20-51(21-17-28)37(54)40(4,5)6/h9-14,22-25,28,32,34,45H,8,15-21H2,1-7H3,(H,47,49)(H,50,56)(H2,46,48,55)/t25-,32-,34-/m0/s1. The zero-order valence-electron chi connectivity index (χ0n) is 34.1. The number of piperidine rings is 1. The van der Waals surface area contributed by atoms with Gasteiger partial charge in [0.2, 0.25) is 11.8 Å². The minimum Gasteiger partial charge on any atom is -0.453 e. The van der Waals surface area contributed by atoms with Crippen molar-refractivity contribution in [2.75, 3.05) is 38.6 Å². The third kappa shape index (κ3) is 11.2. The van der Waals surface area contributed by atoms with Gasteiger partial charge in [-0.1, -0.05) is 58.9 Å². The Bertz CT molecular complexity index is 1900. The van der Waals surface area contributed by atoms with Crippen molar-refractivity contribution in [2.45, 2.75) is 97.8 Å². The maximum absolute atomic E-state index is 13.7. The number of carbonyl (C=O) groups excluding carboxylic acids is 4. The first-order valence-corrected chi connectivity index (χ1v) is 19.6. The number of alkyl carbamates (subject to hydrolysis) is 1. The van der Waals surface area contributed by atoms with Crippen LogP contribution in [0.15, 0.2) is 48.7 Å². The number of aromatic nitrogens is 2. The largest absolute Gasteiger partial charge is 0.573 e. The van der Waals surface area contributed by atoms with Crippen LogP contribution in [0.4, 0.5) is 28.4 Å². The third-order valence-electron chi connectivity index (χ3n) is 10.5. The van der Waals surface area contributed by atoms with Gasteiger partial charge in [-0.3, -0.25) is 9.59 Å². The summed E-state index contributed by atoms with van der Waals surface area (Å²) < 4.78 is 49.8. The van der Waals surface area contributed by atoms with E-state index in [-0.39, 0.29) is 53.7 Å². The summed E-state index contributed by atoms with van der Waals surface area (Å²) >= 11 is 0. The van der Waals surface area contributed by atoms with Crippen molar-refractivity contribution < 1.29 is 41.8 Å². The lowest BCUT2D eigenvalue weighted by Gasteiger charge is -2.36. The number of methoxy groups -OCH3 is 1. The van der Waals surface area contributed by atoms with Gasteiger partial charge in [0, 0.05) is 61.0 Å². The Morgan fingerprint density at radius 2 is 1.62 bits per heavy atom. The van der Waals surface area contributed by atoms with Gasteiger partial charge in [0.15, 0.2) is 0 Å². The number of imidazole rings is 1. The number of ether oxygens (including phenoxy) is 2. The molecule has 3 heterocycles. The molecule has 17 heteroatoms. The number of benzene rings is 2. The summed E-state index contributed by atoms with van der Waals surface area (Å²) in [4.78, 5) is 62.4. The van der Waals surface area contributed by atoms with E-state index in [1.54, 1.807) is 35.4 Å². The number of nitrogens with one attached hydrogen (secondary N) is 5. The second-order valence-electron chi connectivity index (χ2n) is 16.2.